The first-order valence-corrected chi connectivity index (χ1v) is 8.64. The number of hydrogen-bond acceptors (Lipinski definition) is 4. The molecule has 0 aromatic heterocycles. The Labute approximate surface area is 158 Å². The van der Waals surface area contributed by atoms with Crippen molar-refractivity contribution in [2.75, 3.05) is 18.5 Å². The van der Waals surface area contributed by atoms with Gasteiger partial charge in [0.1, 0.15) is 5.75 Å². The number of anilines is 1. The predicted molar refractivity (Wildman–Crippen MR) is 109 cm³/mol. The van der Waals surface area contributed by atoms with Crippen LogP contribution in [0.15, 0.2) is 53.6 Å². The molecule has 3 N–H and O–H groups in total. The van der Waals surface area contributed by atoms with Crippen molar-refractivity contribution in [3.63, 3.8) is 0 Å². The molecule has 0 aliphatic carbocycles. The molecule has 2 aromatic rings. The molecule has 0 bridgehead atoms. The zero-order chi connectivity index (χ0) is 18.8. The number of aryl methyl sites for hydroxylation is 1. The van der Waals surface area contributed by atoms with Crippen LogP contribution in [0.4, 0.5) is 5.69 Å². The normalized spacial score (nSPS) is 10.4. The molecule has 0 fully saturated rings. The Morgan fingerprint density at radius 3 is 2.65 bits per heavy atom. The van der Waals surface area contributed by atoms with E-state index >= 15 is 0 Å². The zero-order valence-electron chi connectivity index (χ0n) is 14.8. The number of carbonyl (C=O) groups is 1. The molecule has 0 saturated heterocycles. The summed E-state index contributed by atoms with van der Waals surface area (Å²) in [6.07, 6.45) is 1.59. The lowest BCUT2D eigenvalue weighted by Gasteiger charge is -2.10. The van der Waals surface area contributed by atoms with Gasteiger partial charge in [-0.3, -0.25) is 10.2 Å². The van der Waals surface area contributed by atoms with Crippen molar-refractivity contribution in [1.29, 1.82) is 0 Å². The van der Waals surface area contributed by atoms with Crippen LogP contribution in [-0.4, -0.2) is 30.4 Å². The molecule has 6 nitrogen and oxygen atoms in total. The lowest BCUT2D eigenvalue weighted by molar-refractivity contribution is -0.118. The maximum absolute atomic E-state index is 12.0. The first-order chi connectivity index (χ1) is 12.6. The van der Waals surface area contributed by atoms with Gasteiger partial charge in [0.2, 0.25) is 0 Å². The number of benzene rings is 2. The molecular weight excluding hydrogens is 348 g/mol. The Bertz CT molecular complexity index is 775. The second-order valence-electron chi connectivity index (χ2n) is 5.47. The number of rotatable bonds is 7. The number of hydrogen-bond donors (Lipinski definition) is 3. The quantitative estimate of drug-likeness (QED) is 0.397. The molecule has 0 spiro atoms. The number of nitrogens with one attached hydrogen (secondary N) is 3. The molecule has 0 aliphatic heterocycles. The van der Waals surface area contributed by atoms with E-state index in [1.54, 1.807) is 12.3 Å². The van der Waals surface area contributed by atoms with E-state index in [1.807, 2.05) is 56.3 Å². The zero-order valence-corrected chi connectivity index (χ0v) is 15.6. The van der Waals surface area contributed by atoms with Crippen LogP contribution < -0.4 is 20.8 Å². The second kappa shape index (κ2) is 10.1. The fourth-order valence-corrected chi connectivity index (χ4v) is 2.25. The van der Waals surface area contributed by atoms with Crippen LogP contribution in [0.3, 0.4) is 0 Å². The summed E-state index contributed by atoms with van der Waals surface area (Å²) in [5.74, 6) is 0.332. The highest BCUT2D eigenvalue weighted by atomic mass is 32.1. The van der Waals surface area contributed by atoms with E-state index in [2.05, 4.69) is 21.2 Å². The number of ether oxygens (including phenoxy) is 1. The summed E-state index contributed by atoms with van der Waals surface area (Å²) in [5.41, 5.74) is 5.32. The highest BCUT2D eigenvalue weighted by molar-refractivity contribution is 7.80. The molecule has 2 rings (SSSR count). The van der Waals surface area contributed by atoms with Crippen LogP contribution in [0.25, 0.3) is 0 Å². The van der Waals surface area contributed by atoms with Crippen molar-refractivity contribution in [1.82, 2.24) is 10.7 Å². The highest BCUT2D eigenvalue weighted by Crippen LogP contribution is 2.16. The molecule has 7 heteroatoms. The van der Waals surface area contributed by atoms with E-state index in [9.17, 15) is 4.79 Å². The van der Waals surface area contributed by atoms with Gasteiger partial charge in [-0.05, 0) is 50.3 Å². The van der Waals surface area contributed by atoms with Gasteiger partial charge in [-0.1, -0.05) is 29.8 Å². The lowest BCUT2D eigenvalue weighted by atomic mass is 10.2. The number of amides is 1. The highest BCUT2D eigenvalue weighted by Gasteiger charge is 2.06. The molecule has 0 heterocycles. The topological polar surface area (TPSA) is 74.8 Å². The summed E-state index contributed by atoms with van der Waals surface area (Å²) < 4.78 is 5.62. The first kappa shape index (κ1) is 19.4. The van der Waals surface area contributed by atoms with Gasteiger partial charge in [0.05, 0.1) is 6.21 Å². The summed E-state index contributed by atoms with van der Waals surface area (Å²) in [7, 11) is 0. The molecular formula is C19H22N4O2S. The van der Waals surface area contributed by atoms with Crippen LogP contribution >= 0.6 is 12.2 Å². The van der Waals surface area contributed by atoms with Crippen molar-refractivity contribution < 1.29 is 9.53 Å². The monoisotopic (exact) mass is 370 g/mol. The Balaban J connectivity index is 1.90. The first-order valence-electron chi connectivity index (χ1n) is 8.23. The maximum Gasteiger partial charge on any atom is 0.262 e. The SMILES string of the molecule is CCNC(=S)NN=Cc1ccccc1OCC(=O)Nc1ccc(C)cc1. The summed E-state index contributed by atoms with van der Waals surface area (Å²) in [5, 5.41) is 10.2. The Kier molecular flexibility index (Phi) is 7.57. The summed E-state index contributed by atoms with van der Waals surface area (Å²) in [6, 6.07) is 14.9. The van der Waals surface area contributed by atoms with Gasteiger partial charge in [-0.2, -0.15) is 5.10 Å². The molecule has 0 saturated carbocycles. The predicted octanol–water partition coefficient (Wildman–Crippen LogP) is 2.83. The van der Waals surface area contributed by atoms with Crippen molar-refractivity contribution in [3.8, 4) is 5.75 Å². The van der Waals surface area contributed by atoms with Gasteiger partial charge in [0.25, 0.3) is 5.91 Å². The summed E-state index contributed by atoms with van der Waals surface area (Å²) in [6.45, 7) is 4.56. The number of hydrazone groups is 1. The molecule has 1 amide bonds. The molecule has 0 radical (unpaired) electrons. The summed E-state index contributed by atoms with van der Waals surface area (Å²) >= 11 is 5.04. The third kappa shape index (κ3) is 6.52. The lowest BCUT2D eigenvalue weighted by Crippen LogP contribution is -2.31. The second-order valence-corrected chi connectivity index (χ2v) is 5.88. The average Bonchev–Trinajstić information content (AvgIpc) is 2.63. The van der Waals surface area contributed by atoms with Crippen LogP contribution in [0.1, 0.15) is 18.1 Å². The minimum absolute atomic E-state index is 0.0953. The number of carbonyl (C=O) groups excluding carboxylic acids is 1. The average molecular weight is 370 g/mol. The van der Waals surface area contributed by atoms with Crippen LogP contribution in [0, 0.1) is 6.92 Å². The molecule has 136 valence electrons. The van der Waals surface area contributed by atoms with E-state index in [1.165, 1.54) is 0 Å². The van der Waals surface area contributed by atoms with Crippen molar-refractivity contribution in [3.05, 3.63) is 59.7 Å². The van der Waals surface area contributed by atoms with Gasteiger partial charge in [-0.15, -0.1) is 0 Å². The summed E-state index contributed by atoms with van der Waals surface area (Å²) in [4.78, 5) is 12.0. The third-order valence-electron chi connectivity index (χ3n) is 3.32. The van der Waals surface area contributed by atoms with E-state index in [0.717, 1.165) is 23.4 Å². The fraction of sp³-hybridized carbons (Fsp3) is 0.211. The fourth-order valence-electron chi connectivity index (χ4n) is 2.06. The van der Waals surface area contributed by atoms with Crippen molar-refractivity contribution >= 4 is 35.1 Å². The van der Waals surface area contributed by atoms with Crippen molar-refractivity contribution in [2.45, 2.75) is 13.8 Å². The Morgan fingerprint density at radius 2 is 1.92 bits per heavy atom. The van der Waals surface area contributed by atoms with Gasteiger partial charge in [0, 0.05) is 17.8 Å². The molecule has 2 aromatic carbocycles. The Morgan fingerprint density at radius 1 is 1.19 bits per heavy atom. The standard InChI is InChI=1S/C19H22N4O2S/c1-3-20-19(26)23-21-12-15-6-4-5-7-17(15)25-13-18(24)22-16-10-8-14(2)9-11-16/h4-12H,3,13H2,1-2H3,(H,22,24)(H2,20,23,26). The van der Waals surface area contributed by atoms with E-state index < -0.39 is 0 Å². The van der Waals surface area contributed by atoms with Gasteiger partial charge < -0.3 is 15.4 Å². The maximum atomic E-state index is 12.0. The molecule has 0 unspecified atom stereocenters. The number of nitrogens with zero attached hydrogens (tertiary/aromatic N) is 1. The molecule has 0 atom stereocenters. The van der Waals surface area contributed by atoms with Crippen LogP contribution in [-0.2, 0) is 4.79 Å². The van der Waals surface area contributed by atoms with Gasteiger partial charge >= 0.3 is 0 Å². The van der Waals surface area contributed by atoms with Crippen LogP contribution in [0.2, 0.25) is 0 Å². The van der Waals surface area contributed by atoms with E-state index in [4.69, 9.17) is 17.0 Å². The third-order valence-corrected chi connectivity index (χ3v) is 3.56. The minimum atomic E-state index is -0.230. The largest absolute Gasteiger partial charge is 0.483 e. The molecule has 26 heavy (non-hydrogen) atoms. The van der Waals surface area contributed by atoms with E-state index in [-0.39, 0.29) is 12.5 Å². The minimum Gasteiger partial charge on any atom is -0.483 e. The van der Waals surface area contributed by atoms with E-state index in [0.29, 0.717) is 10.9 Å². The van der Waals surface area contributed by atoms with Crippen molar-refractivity contribution in [2.24, 2.45) is 5.10 Å². The van der Waals surface area contributed by atoms with Crippen LogP contribution in [0.5, 0.6) is 5.75 Å². The Hall–Kier alpha value is -2.93. The molecule has 0 aliphatic rings. The smallest absolute Gasteiger partial charge is 0.262 e. The van der Waals surface area contributed by atoms with Gasteiger partial charge in [0.15, 0.2) is 11.7 Å². The number of para-hydroxylation sites is 1. The number of thiocarbonyl (C=S) groups is 1. The van der Waals surface area contributed by atoms with Gasteiger partial charge in [-0.25, -0.2) is 0 Å².